The van der Waals surface area contributed by atoms with E-state index in [1.807, 2.05) is 0 Å². The lowest BCUT2D eigenvalue weighted by Gasteiger charge is -2.37. The molecule has 0 aromatic carbocycles. The van der Waals surface area contributed by atoms with Gasteiger partial charge in [-0.2, -0.15) is 0 Å². The minimum atomic E-state index is -2.36. The molecule has 0 amide bonds. The van der Waals surface area contributed by atoms with Crippen molar-refractivity contribution in [3.63, 3.8) is 0 Å². The van der Waals surface area contributed by atoms with Crippen molar-refractivity contribution in [1.29, 1.82) is 0 Å². The summed E-state index contributed by atoms with van der Waals surface area (Å²) in [4.78, 5) is 11.0. The van der Waals surface area contributed by atoms with Crippen molar-refractivity contribution in [2.75, 3.05) is 20.3 Å². The maximum absolute atomic E-state index is 14.2. The van der Waals surface area contributed by atoms with Crippen LogP contribution in [-0.4, -0.2) is 49.0 Å². The molecule has 1 saturated heterocycles. The summed E-state index contributed by atoms with van der Waals surface area (Å²) in [7, 11) is 1.07. The monoisotopic (exact) mass is 222 g/mol. The summed E-state index contributed by atoms with van der Waals surface area (Å²) in [5.41, 5.74) is -2.36. The molecule has 15 heavy (non-hydrogen) atoms. The van der Waals surface area contributed by atoms with E-state index in [0.29, 0.717) is 0 Å². The molecular weight excluding hydrogens is 207 g/mol. The second-order valence-corrected chi connectivity index (χ2v) is 3.64. The lowest BCUT2D eigenvalue weighted by atomic mass is 9.92. The van der Waals surface area contributed by atoms with Gasteiger partial charge in [-0.1, -0.05) is 0 Å². The molecule has 1 fully saturated rings. The summed E-state index contributed by atoms with van der Waals surface area (Å²) in [6.45, 7) is 2.83. The number of hydrogen-bond acceptors (Lipinski definition) is 5. The second-order valence-electron chi connectivity index (χ2n) is 3.64. The van der Waals surface area contributed by atoms with Gasteiger partial charge in [0.2, 0.25) is 5.79 Å². The molecule has 2 unspecified atom stereocenters. The first-order valence-corrected chi connectivity index (χ1v) is 4.58. The molecule has 0 bridgehead atoms. The van der Waals surface area contributed by atoms with Crippen molar-refractivity contribution in [2.45, 2.75) is 31.4 Å². The van der Waals surface area contributed by atoms with Crippen LogP contribution in [0.3, 0.4) is 0 Å². The number of carbonyl (C=O) groups excluding carboxylic acids is 1. The zero-order chi connectivity index (χ0) is 11.7. The molecule has 1 N–H and O–H groups in total. The highest BCUT2D eigenvalue weighted by Gasteiger charge is 2.57. The van der Waals surface area contributed by atoms with E-state index in [1.54, 1.807) is 0 Å². The van der Waals surface area contributed by atoms with E-state index in [9.17, 15) is 14.3 Å². The smallest absolute Gasteiger partial charge is 0.338 e. The van der Waals surface area contributed by atoms with Crippen LogP contribution in [0.25, 0.3) is 0 Å². The van der Waals surface area contributed by atoms with Gasteiger partial charge in [-0.05, 0) is 13.8 Å². The first kappa shape index (κ1) is 12.4. The highest BCUT2D eigenvalue weighted by atomic mass is 19.1. The van der Waals surface area contributed by atoms with Gasteiger partial charge >= 0.3 is 5.97 Å². The summed E-state index contributed by atoms with van der Waals surface area (Å²) < 4.78 is 28.6. The number of esters is 1. The van der Waals surface area contributed by atoms with Crippen molar-refractivity contribution >= 4 is 5.97 Å². The average molecular weight is 222 g/mol. The lowest BCUT2D eigenvalue weighted by molar-refractivity contribution is -0.253. The van der Waals surface area contributed by atoms with Crippen LogP contribution >= 0.6 is 0 Å². The zero-order valence-corrected chi connectivity index (χ0v) is 8.95. The number of aliphatic hydroxyl groups excluding tert-OH is 1. The number of alkyl halides is 1. The Morgan fingerprint density at radius 1 is 1.60 bits per heavy atom. The van der Waals surface area contributed by atoms with E-state index in [4.69, 9.17) is 9.47 Å². The fourth-order valence-corrected chi connectivity index (χ4v) is 1.38. The second kappa shape index (κ2) is 4.03. The van der Waals surface area contributed by atoms with E-state index in [-0.39, 0.29) is 13.2 Å². The number of ether oxygens (including phenoxy) is 3. The van der Waals surface area contributed by atoms with Gasteiger partial charge in [0.25, 0.3) is 0 Å². The molecule has 1 aliphatic rings. The molecular formula is C9H15FO5. The van der Waals surface area contributed by atoms with Gasteiger partial charge < -0.3 is 19.3 Å². The summed E-state index contributed by atoms with van der Waals surface area (Å²) in [6.07, 6.45) is -1.94. The van der Waals surface area contributed by atoms with Gasteiger partial charge in [0, 0.05) is 0 Å². The normalized spacial score (nSPS) is 25.7. The van der Waals surface area contributed by atoms with Crippen LogP contribution in [0.5, 0.6) is 0 Å². The Labute approximate surface area is 87.1 Å². The molecule has 1 heterocycles. The predicted octanol–water partition coefficient (Wildman–Crippen LogP) is 0.0115. The van der Waals surface area contributed by atoms with Crippen molar-refractivity contribution in [3.05, 3.63) is 0 Å². The Morgan fingerprint density at radius 2 is 2.07 bits per heavy atom. The number of halogens is 1. The van der Waals surface area contributed by atoms with Crippen molar-refractivity contribution in [3.8, 4) is 0 Å². The third-order valence-corrected chi connectivity index (χ3v) is 2.66. The van der Waals surface area contributed by atoms with E-state index in [1.165, 1.54) is 6.92 Å². The molecule has 5 nitrogen and oxygen atoms in total. The van der Waals surface area contributed by atoms with Crippen LogP contribution in [0, 0.1) is 0 Å². The number of hydrogen-bond donors (Lipinski definition) is 1. The van der Waals surface area contributed by atoms with Crippen LogP contribution < -0.4 is 0 Å². The van der Waals surface area contributed by atoms with E-state index >= 15 is 0 Å². The van der Waals surface area contributed by atoms with Gasteiger partial charge in [-0.25, -0.2) is 9.18 Å². The third kappa shape index (κ3) is 1.97. The third-order valence-electron chi connectivity index (χ3n) is 2.66. The topological polar surface area (TPSA) is 65.0 Å². The van der Waals surface area contributed by atoms with Crippen molar-refractivity contribution in [2.24, 2.45) is 0 Å². The van der Waals surface area contributed by atoms with E-state index in [0.717, 1.165) is 14.0 Å². The minimum Gasteiger partial charge on any atom is -0.467 e. The minimum absolute atomic E-state index is 0.226. The first-order valence-electron chi connectivity index (χ1n) is 4.58. The molecule has 0 aromatic heterocycles. The Bertz CT molecular complexity index is 247. The van der Waals surface area contributed by atoms with Gasteiger partial charge in [0.05, 0.1) is 20.3 Å². The SMILES string of the molecule is COC(=O)C(O)C(C)(F)C1(C)OCCO1. The Morgan fingerprint density at radius 3 is 2.47 bits per heavy atom. The van der Waals surface area contributed by atoms with Gasteiger partial charge in [0.1, 0.15) is 0 Å². The number of aliphatic hydroxyl groups is 1. The fourth-order valence-electron chi connectivity index (χ4n) is 1.38. The maximum Gasteiger partial charge on any atom is 0.338 e. The lowest BCUT2D eigenvalue weighted by Crippen LogP contribution is -2.58. The van der Waals surface area contributed by atoms with Gasteiger partial charge in [-0.15, -0.1) is 0 Å². The van der Waals surface area contributed by atoms with Crippen LogP contribution in [0.1, 0.15) is 13.8 Å². The molecule has 0 radical (unpaired) electrons. The van der Waals surface area contributed by atoms with E-state index < -0.39 is 23.5 Å². The van der Waals surface area contributed by atoms with Crippen molar-refractivity contribution in [1.82, 2.24) is 0 Å². The highest BCUT2D eigenvalue weighted by Crippen LogP contribution is 2.37. The molecule has 88 valence electrons. The summed E-state index contributed by atoms with van der Waals surface area (Å²) >= 11 is 0. The summed E-state index contributed by atoms with van der Waals surface area (Å²) in [5.74, 6) is -2.68. The van der Waals surface area contributed by atoms with E-state index in [2.05, 4.69) is 4.74 Å². The number of methoxy groups -OCH3 is 1. The molecule has 0 aliphatic carbocycles. The summed E-state index contributed by atoms with van der Waals surface area (Å²) in [6, 6.07) is 0. The van der Waals surface area contributed by atoms with Crippen LogP contribution in [0.2, 0.25) is 0 Å². The molecule has 0 spiro atoms. The van der Waals surface area contributed by atoms with Crippen LogP contribution in [0.4, 0.5) is 4.39 Å². The average Bonchev–Trinajstić information content (AvgIpc) is 2.64. The number of rotatable bonds is 3. The van der Waals surface area contributed by atoms with Crippen LogP contribution in [-0.2, 0) is 19.0 Å². The maximum atomic E-state index is 14.2. The molecule has 0 saturated carbocycles. The molecule has 1 aliphatic heterocycles. The summed E-state index contributed by atoms with van der Waals surface area (Å²) in [5, 5.41) is 9.46. The molecule has 2 atom stereocenters. The Kier molecular flexibility index (Phi) is 3.32. The largest absolute Gasteiger partial charge is 0.467 e. The quantitative estimate of drug-likeness (QED) is 0.681. The highest BCUT2D eigenvalue weighted by molar-refractivity contribution is 5.76. The van der Waals surface area contributed by atoms with Gasteiger partial charge in [-0.3, -0.25) is 0 Å². The molecule has 0 aromatic rings. The van der Waals surface area contributed by atoms with Gasteiger partial charge in [0.15, 0.2) is 11.8 Å². The molecule has 6 heteroatoms. The number of carbonyl (C=O) groups is 1. The van der Waals surface area contributed by atoms with Crippen LogP contribution in [0.15, 0.2) is 0 Å². The van der Waals surface area contributed by atoms with Crippen molar-refractivity contribution < 1.29 is 28.5 Å². The fraction of sp³-hybridized carbons (Fsp3) is 0.889. The zero-order valence-electron chi connectivity index (χ0n) is 8.95. The Balaban J connectivity index is 2.85. The molecule has 1 rings (SSSR count). The Hall–Kier alpha value is -0.720. The predicted molar refractivity (Wildman–Crippen MR) is 47.8 cm³/mol. The standard InChI is InChI=1S/C9H15FO5/c1-8(10,6(11)7(12)13-3)9(2)14-4-5-15-9/h6,11H,4-5H2,1-3H3. The first-order chi connectivity index (χ1) is 6.85.